The van der Waals surface area contributed by atoms with Crippen LogP contribution in [-0.4, -0.2) is 0 Å². The Morgan fingerprint density at radius 1 is 0.957 bits per heavy atom. The number of hydrogen-bond donors (Lipinski definition) is 1. The fraction of sp³-hybridized carbons (Fsp3) is 0.158. The molecule has 4 heteroatoms. The zero-order valence-corrected chi connectivity index (χ0v) is 14.3. The van der Waals surface area contributed by atoms with Crippen LogP contribution in [0.3, 0.4) is 0 Å². The molecule has 0 saturated carbocycles. The van der Waals surface area contributed by atoms with Gasteiger partial charge in [0.25, 0.3) is 0 Å². The Hall–Kier alpha value is -2.04. The maximum atomic E-state index is 5.98. The first kappa shape index (κ1) is 15.8. The summed E-state index contributed by atoms with van der Waals surface area (Å²) in [5.74, 6) is 1.82. The first-order valence-corrected chi connectivity index (χ1v) is 8.29. The van der Waals surface area contributed by atoms with Crippen LogP contribution in [0.1, 0.15) is 16.9 Å². The van der Waals surface area contributed by atoms with E-state index in [0.717, 1.165) is 27.1 Å². The Morgan fingerprint density at radius 3 is 2.61 bits per heavy atom. The molecule has 0 spiro atoms. The highest BCUT2D eigenvalue weighted by molar-refractivity contribution is 9.10. The molecule has 3 aromatic rings. The minimum atomic E-state index is 0.563. The summed E-state index contributed by atoms with van der Waals surface area (Å²) in [5, 5.41) is 3.38. The third kappa shape index (κ3) is 4.71. The summed E-state index contributed by atoms with van der Waals surface area (Å²) in [4.78, 5) is 0. The summed E-state index contributed by atoms with van der Waals surface area (Å²) < 4.78 is 12.4. The molecule has 0 aliphatic heterocycles. The molecule has 0 saturated heterocycles. The summed E-state index contributed by atoms with van der Waals surface area (Å²) in [5.41, 5.74) is 2.27. The number of benzene rings is 2. The van der Waals surface area contributed by atoms with Crippen molar-refractivity contribution in [1.82, 2.24) is 5.32 Å². The van der Waals surface area contributed by atoms with Crippen molar-refractivity contribution in [3.8, 4) is 5.75 Å². The molecule has 0 atom stereocenters. The Kier molecular flexibility index (Phi) is 5.51. The van der Waals surface area contributed by atoms with Crippen molar-refractivity contribution < 1.29 is 9.15 Å². The van der Waals surface area contributed by atoms with Crippen molar-refractivity contribution in [3.63, 3.8) is 0 Å². The van der Waals surface area contributed by atoms with Gasteiger partial charge in [-0.3, -0.25) is 0 Å². The van der Waals surface area contributed by atoms with Crippen molar-refractivity contribution in [3.05, 3.63) is 88.3 Å². The van der Waals surface area contributed by atoms with E-state index in [2.05, 4.69) is 39.4 Å². The largest absolute Gasteiger partial charge is 0.489 e. The molecule has 0 radical (unpaired) electrons. The van der Waals surface area contributed by atoms with Crippen LogP contribution in [0.25, 0.3) is 0 Å². The Labute approximate surface area is 144 Å². The van der Waals surface area contributed by atoms with Crippen molar-refractivity contribution >= 4 is 15.9 Å². The lowest BCUT2D eigenvalue weighted by molar-refractivity contribution is 0.302. The average molecular weight is 372 g/mol. The standard InChI is InChI=1S/C19H18BrNO2/c20-17-8-9-19(23-14-15-5-2-1-3-6-15)16(11-17)12-21-13-18-7-4-10-22-18/h1-11,21H,12-14H2. The third-order valence-electron chi connectivity index (χ3n) is 3.45. The van der Waals surface area contributed by atoms with E-state index in [9.17, 15) is 0 Å². The fourth-order valence-corrected chi connectivity index (χ4v) is 2.70. The van der Waals surface area contributed by atoms with Gasteiger partial charge >= 0.3 is 0 Å². The SMILES string of the molecule is Brc1ccc(OCc2ccccc2)c(CNCc2ccco2)c1. The monoisotopic (exact) mass is 371 g/mol. The third-order valence-corrected chi connectivity index (χ3v) is 3.95. The van der Waals surface area contributed by atoms with Gasteiger partial charge in [0.15, 0.2) is 0 Å². The first-order chi connectivity index (χ1) is 11.3. The van der Waals surface area contributed by atoms with E-state index >= 15 is 0 Å². The second kappa shape index (κ2) is 7.99. The highest BCUT2D eigenvalue weighted by atomic mass is 79.9. The van der Waals surface area contributed by atoms with E-state index in [-0.39, 0.29) is 0 Å². The van der Waals surface area contributed by atoms with Crippen molar-refractivity contribution in [2.75, 3.05) is 0 Å². The van der Waals surface area contributed by atoms with Crippen molar-refractivity contribution in [1.29, 1.82) is 0 Å². The van der Waals surface area contributed by atoms with Gasteiger partial charge in [-0.1, -0.05) is 46.3 Å². The lowest BCUT2D eigenvalue weighted by atomic mass is 10.2. The summed E-state index contributed by atoms with van der Waals surface area (Å²) in [6, 6.07) is 20.1. The summed E-state index contributed by atoms with van der Waals surface area (Å²) in [6.45, 7) is 1.97. The number of hydrogen-bond acceptors (Lipinski definition) is 3. The van der Waals surface area contributed by atoms with Crippen LogP contribution in [0.2, 0.25) is 0 Å². The van der Waals surface area contributed by atoms with Gasteiger partial charge in [0.1, 0.15) is 18.1 Å². The average Bonchev–Trinajstić information content (AvgIpc) is 3.08. The highest BCUT2D eigenvalue weighted by Crippen LogP contribution is 2.24. The number of halogens is 1. The lowest BCUT2D eigenvalue weighted by Gasteiger charge is -2.13. The maximum absolute atomic E-state index is 5.98. The number of furan rings is 1. The zero-order valence-electron chi connectivity index (χ0n) is 12.7. The van der Waals surface area contributed by atoms with Gasteiger partial charge in [-0.2, -0.15) is 0 Å². The van der Waals surface area contributed by atoms with Crippen LogP contribution in [0.15, 0.2) is 75.8 Å². The van der Waals surface area contributed by atoms with E-state index in [1.807, 2.05) is 42.5 Å². The Bertz CT molecular complexity index is 726. The Morgan fingerprint density at radius 2 is 1.83 bits per heavy atom. The van der Waals surface area contributed by atoms with Crippen LogP contribution in [0.5, 0.6) is 5.75 Å². The molecule has 2 aromatic carbocycles. The van der Waals surface area contributed by atoms with Gasteiger partial charge in [-0.15, -0.1) is 0 Å². The second-order valence-electron chi connectivity index (χ2n) is 5.21. The quantitative estimate of drug-likeness (QED) is 0.640. The van der Waals surface area contributed by atoms with E-state index in [1.165, 1.54) is 0 Å². The van der Waals surface area contributed by atoms with Gasteiger partial charge in [0.2, 0.25) is 0 Å². The van der Waals surface area contributed by atoms with Crippen LogP contribution in [0, 0.1) is 0 Å². The predicted molar refractivity (Wildman–Crippen MR) is 94.2 cm³/mol. The molecular weight excluding hydrogens is 354 g/mol. The molecule has 0 unspecified atom stereocenters. The van der Waals surface area contributed by atoms with Crippen LogP contribution in [-0.2, 0) is 19.7 Å². The summed E-state index contributed by atoms with van der Waals surface area (Å²) >= 11 is 3.52. The molecule has 0 aliphatic rings. The normalized spacial score (nSPS) is 10.7. The minimum absolute atomic E-state index is 0.563. The molecule has 0 amide bonds. The molecule has 1 aromatic heterocycles. The summed E-state index contributed by atoms with van der Waals surface area (Å²) in [7, 11) is 0. The second-order valence-corrected chi connectivity index (χ2v) is 6.12. The van der Waals surface area contributed by atoms with E-state index < -0.39 is 0 Å². The molecule has 0 aliphatic carbocycles. The molecule has 1 N–H and O–H groups in total. The topological polar surface area (TPSA) is 34.4 Å². The van der Waals surface area contributed by atoms with Gasteiger partial charge in [0.05, 0.1) is 12.8 Å². The number of ether oxygens (including phenoxy) is 1. The van der Waals surface area contributed by atoms with Gasteiger partial charge in [0, 0.05) is 16.6 Å². The highest BCUT2D eigenvalue weighted by Gasteiger charge is 2.06. The van der Waals surface area contributed by atoms with Gasteiger partial charge in [-0.05, 0) is 35.9 Å². The first-order valence-electron chi connectivity index (χ1n) is 7.49. The van der Waals surface area contributed by atoms with Crippen molar-refractivity contribution in [2.45, 2.75) is 19.7 Å². The van der Waals surface area contributed by atoms with Crippen molar-refractivity contribution in [2.24, 2.45) is 0 Å². The number of nitrogens with one attached hydrogen (secondary N) is 1. The predicted octanol–water partition coefficient (Wildman–Crippen LogP) is 4.91. The molecule has 23 heavy (non-hydrogen) atoms. The number of rotatable bonds is 7. The van der Waals surface area contributed by atoms with Crippen LogP contribution in [0.4, 0.5) is 0 Å². The van der Waals surface area contributed by atoms with Crippen LogP contribution >= 0.6 is 15.9 Å². The zero-order chi connectivity index (χ0) is 15.9. The molecule has 3 rings (SSSR count). The maximum Gasteiger partial charge on any atom is 0.124 e. The molecule has 0 fully saturated rings. The molecular formula is C19H18BrNO2. The Balaban J connectivity index is 1.62. The molecule has 0 bridgehead atoms. The van der Waals surface area contributed by atoms with Gasteiger partial charge in [-0.25, -0.2) is 0 Å². The minimum Gasteiger partial charge on any atom is -0.489 e. The van der Waals surface area contributed by atoms with E-state index in [1.54, 1.807) is 6.26 Å². The summed E-state index contributed by atoms with van der Waals surface area (Å²) in [6.07, 6.45) is 1.69. The van der Waals surface area contributed by atoms with Crippen LogP contribution < -0.4 is 10.1 Å². The smallest absolute Gasteiger partial charge is 0.124 e. The lowest BCUT2D eigenvalue weighted by Crippen LogP contribution is -2.13. The van der Waals surface area contributed by atoms with Gasteiger partial charge < -0.3 is 14.5 Å². The molecule has 1 heterocycles. The van der Waals surface area contributed by atoms with E-state index in [4.69, 9.17) is 9.15 Å². The molecule has 3 nitrogen and oxygen atoms in total. The fourth-order valence-electron chi connectivity index (χ4n) is 2.30. The van der Waals surface area contributed by atoms with E-state index in [0.29, 0.717) is 19.7 Å². The molecule has 118 valence electrons.